The first-order valence-corrected chi connectivity index (χ1v) is 21.9. The average Bonchev–Trinajstić information content (AvgIpc) is 3.24. The zero-order chi connectivity index (χ0) is 46.8. The molecule has 0 saturated heterocycles. The standard InChI is InChI=1S/C20H26O9S.C13H20O7.C7H7ClO2S/c1-14-8-10-15(11-9-14)30(24,25)29-12-6-5-7-16(19(22)27-3)17(20(23)28-4)13-18(21)26-2;1-18-11(15)8-10(13(17)20-3)9(12(16)19-2)6-4-5-7-14;1-6-2-4-7(5-3-6)11(8,9)10/h8-11H,5-7,12-13H2,1-4H3;14H,4-8H2,1-3H3;2-5H,1H3/b17-16-;10-9-;. The number of methoxy groups -OCH3 is 6. The summed E-state index contributed by atoms with van der Waals surface area (Å²) in [5.41, 5.74) is 1.72. The van der Waals surface area contributed by atoms with E-state index in [1.165, 1.54) is 38.5 Å². The molecule has 0 spiro atoms. The predicted molar refractivity (Wildman–Crippen MR) is 219 cm³/mol. The quantitative estimate of drug-likeness (QED) is 0.0483. The molecule has 0 heterocycles. The van der Waals surface area contributed by atoms with Crippen LogP contribution in [0, 0.1) is 13.8 Å². The van der Waals surface area contributed by atoms with E-state index in [9.17, 15) is 45.6 Å². The van der Waals surface area contributed by atoms with Crippen molar-refractivity contribution in [2.45, 2.75) is 75.0 Å². The molecule has 0 amide bonds. The van der Waals surface area contributed by atoms with Gasteiger partial charge in [-0.25, -0.2) is 27.6 Å². The number of rotatable bonds is 20. The van der Waals surface area contributed by atoms with Crippen molar-refractivity contribution in [2.24, 2.45) is 0 Å². The Labute approximate surface area is 360 Å². The van der Waals surface area contributed by atoms with E-state index in [0.29, 0.717) is 19.3 Å². The number of carbonyl (C=O) groups is 6. The number of benzene rings is 2. The van der Waals surface area contributed by atoms with Crippen molar-refractivity contribution in [3.63, 3.8) is 0 Å². The lowest BCUT2D eigenvalue weighted by molar-refractivity contribution is -0.144. The minimum Gasteiger partial charge on any atom is -0.469 e. The van der Waals surface area contributed by atoms with Crippen LogP contribution in [0.15, 0.2) is 80.6 Å². The van der Waals surface area contributed by atoms with E-state index in [1.807, 2.05) is 13.8 Å². The second-order valence-corrected chi connectivity index (χ2v) is 16.5. The van der Waals surface area contributed by atoms with Gasteiger partial charge in [0.25, 0.3) is 19.2 Å². The highest BCUT2D eigenvalue weighted by molar-refractivity contribution is 8.13. The zero-order valence-corrected chi connectivity index (χ0v) is 37.7. The lowest BCUT2D eigenvalue weighted by atomic mass is 9.99. The number of halogens is 1. The van der Waals surface area contributed by atoms with Gasteiger partial charge in [-0.3, -0.25) is 13.8 Å². The Morgan fingerprint density at radius 1 is 0.508 bits per heavy atom. The Balaban J connectivity index is 0.000000991. The van der Waals surface area contributed by atoms with Crippen LogP contribution in [0.25, 0.3) is 0 Å². The van der Waals surface area contributed by atoms with Crippen molar-refractivity contribution in [3.8, 4) is 0 Å². The largest absolute Gasteiger partial charge is 0.469 e. The molecule has 0 unspecified atom stereocenters. The molecule has 0 aliphatic carbocycles. The predicted octanol–water partition coefficient (Wildman–Crippen LogP) is 4.35. The fraction of sp³-hybridized carbons (Fsp3) is 0.450. The first-order valence-electron chi connectivity index (χ1n) is 18.2. The molecule has 0 aliphatic rings. The molecule has 1 N–H and O–H groups in total. The summed E-state index contributed by atoms with van der Waals surface area (Å²) in [4.78, 5) is 70.7. The maximum atomic E-state index is 12.2. The Morgan fingerprint density at radius 2 is 0.852 bits per heavy atom. The van der Waals surface area contributed by atoms with Crippen molar-refractivity contribution in [1.82, 2.24) is 0 Å². The first kappa shape index (κ1) is 55.9. The second-order valence-electron chi connectivity index (χ2n) is 12.4. The van der Waals surface area contributed by atoms with Crippen LogP contribution in [0.1, 0.15) is 62.5 Å². The van der Waals surface area contributed by atoms with Gasteiger partial charge < -0.3 is 33.5 Å². The Kier molecular flexibility index (Phi) is 26.7. The number of aryl methyl sites for hydroxylation is 2. The fourth-order valence-corrected chi connectivity index (χ4v) is 6.45. The number of aliphatic hydroxyl groups excluding tert-OH is 1. The molecule has 0 bridgehead atoms. The van der Waals surface area contributed by atoms with Crippen molar-refractivity contribution in [1.29, 1.82) is 0 Å². The van der Waals surface area contributed by atoms with Crippen LogP contribution in [-0.2, 0) is 80.5 Å². The summed E-state index contributed by atoms with van der Waals surface area (Å²) in [6, 6.07) is 12.6. The number of aliphatic hydroxyl groups is 1. The maximum Gasteiger partial charge on any atom is 0.334 e. The lowest BCUT2D eigenvalue weighted by Gasteiger charge is -2.12. The molecule has 0 aromatic heterocycles. The summed E-state index contributed by atoms with van der Waals surface area (Å²) >= 11 is 0. The van der Waals surface area contributed by atoms with Gasteiger partial charge in [-0.2, -0.15) is 8.42 Å². The Morgan fingerprint density at radius 3 is 1.18 bits per heavy atom. The molecule has 0 atom stereocenters. The first-order chi connectivity index (χ1) is 28.7. The van der Waals surface area contributed by atoms with Crippen molar-refractivity contribution < 1.29 is 83.3 Å². The Hall–Kier alpha value is -5.15. The second kappa shape index (κ2) is 29.2. The third-order valence-electron chi connectivity index (χ3n) is 8.06. The van der Waals surface area contributed by atoms with Gasteiger partial charge in [0.1, 0.15) is 0 Å². The van der Waals surface area contributed by atoms with Gasteiger partial charge in [0.15, 0.2) is 0 Å². The monoisotopic (exact) mass is 920 g/mol. The molecule has 61 heavy (non-hydrogen) atoms. The van der Waals surface area contributed by atoms with E-state index in [1.54, 1.807) is 24.3 Å². The zero-order valence-electron chi connectivity index (χ0n) is 35.3. The molecular weight excluding hydrogens is 868 g/mol. The SMILES string of the molecule is COC(=O)C/C(C(=O)OC)=C(\CCCCO)C(=O)OC.COC(=O)C/C(C(=O)OC)=C(\CCCCOS(=O)(=O)c1ccc(C)cc1)C(=O)OC.Cc1ccc(S(=O)(=O)Cl)cc1. The number of esters is 6. The number of carbonyl (C=O) groups excluding carboxylic acids is 6. The van der Waals surface area contributed by atoms with Crippen LogP contribution in [0.5, 0.6) is 0 Å². The molecule has 0 aliphatic heterocycles. The minimum absolute atomic E-state index is 0.0288. The molecule has 0 radical (unpaired) electrons. The molecule has 2 aromatic carbocycles. The van der Waals surface area contributed by atoms with Crippen LogP contribution in [0.4, 0.5) is 0 Å². The van der Waals surface area contributed by atoms with Gasteiger partial charge in [-0.15, -0.1) is 0 Å². The number of hydrogen-bond acceptors (Lipinski definition) is 18. The van der Waals surface area contributed by atoms with Gasteiger partial charge in [0.05, 0.1) is 83.0 Å². The highest BCUT2D eigenvalue weighted by Crippen LogP contribution is 2.22. The summed E-state index contributed by atoms with van der Waals surface area (Å²) < 4.78 is 78.3. The number of unbranched alkanes of at least 4 members (excludes halogenated alkanes) is 2. The van der Waals surface area contributed by atoms with Gasteiger partial charge in [-0.1, -0.05) is 35.4 Å². The molecule has 21 heteroatoms. The topological polar surface area (TPSA) is 256 Å². The maximum absolute atomic E-state index is 12.2. The van der Waals surface area contributed by atoms with Crippen molar-refractivity contribution in [3.05, 3.63) is 82.0 Å². The smallest absolute Gasteiger partial charge is 0.334 e. The Bertz CT molecular complexity index is 2060. The fourth-order valence-electron chi connectivity index (χ4n) is 4.74. The van der Waals surface area contributed by atoms with Crippen LogP contribution in [-0.4, -0.2) is 114 Å². The van der Waals surface area contributed by atoms with Crippen molar-refractivity contribution in [2.75, 3.05) is 55.9 Å². The normalized spacial score (nSPS) is 11.7. The van der Waals surface area contributed by atoms with Crippen LogP contribution in [0.3, 0.4) is 0 Å². The van der Waals surface area contributed by atoms with Gasteiger partial charge in [0, 0.05) is 28.4 Å². The molecule has 2 aromatic rings. The molecule has 0 saturated carbocycles. The van der Waals surface area contributed by atoms with E-state index in [2.05, 4.69) is 23.7 Å². The summed E-state index contributed by atoms with van der Waals surface area (Å²) in [6.07, 6.45) is 0.957. The van der Waals surface area contributed by atoms with Gasteiger partial charge >= 0.3 is 35.8 Å². The van der Waals surface area contributed by atoms with Crippen LogP contribution < -0.4 is 0 Å². The lowest BCUT2D eigenvalue weighted by Crippen LogP contribution is -2.18. The van der Waals surface area contributed by atoms with Crippen molar-refractivity contribution >= 4 is 65.7 Å². The van der Waals surface area contributed by atoms with Gasteiger partial charge in [-0.05, 0) is 76.6 Å². The van der Waals surface area contributed by atoms with Crippen LogP contribution in [0.2, 0.25) is 0 Å². The highest BCUT2D eigenvalue weighted by atomic mass is 35.7. The summed E-state index contributed by atoms with van der Waals surface area (Å²) in [5, 5.41) is 8.75. The van der Waals surface area contributed by atoms with Gasteiger partial charge in [0.2, 0.25) is 0 Å². The molecule has 0 fully saturated rings. The van der Waals surface area contributed by atoms with Crippen LogP contribution >= 0.6 is 10.7 Å². The third kappa shape index (κ3) is 21.3. The average molecular weight is 921 g/mol. The van der Waals surface area contributed by atoms with E-state index in [-0.39, 0.29) is 71.0 Å². The van der Waals surface area contributed by atoms with E-state index < -0.39 is 61.4 Å². The summed E-state index contributed by atoms with van der Waals surface area (Å²) in [5.74, 6) is -4.49. The van der Waals surface area contributed by atoms with E-state index >= 15 is 0 Å². The summed E-state index contributed by atoms with van der Waals surface area (Å²) in [6.45, 7) is 3.57. The summed E-state index contributed by atoms with van der Waals surface area (Å²) in [7, 11) is 4.59. The minimum atomic E-state index is -3.89. The molecule has 18 nitrogen and oxygen atoms in total. The van der Waals surface area contributed by atoms with E-state index in [0.717, 1.165) is 39.6 Å². The number of ether oxygens (including phenoxy) is 6. The molecule has 340 valence electrons. The number of hydrogen-bond donors (Lipinski definition) is 1. The highest BCUT2D eigenvalue weighted by Gasteiger charge is 2.26. The third-order valence-corrected chi connectivity index (χ3v) is 10.8. The van der Waals surface area contributed by atoms with E-state index in [4.69, 9.17) is 24.7 Å². The molecule has 2 rings (SSSR count). The molecular formula is C40H53ClO18S2.